The van der Waals surface area contributed by atoms with Crippen LogP contribution in [0.2, 0.25) is 0 Å². The molecule has 4 rings (SSSR count). The molecule has 0 radical (unpaired) electrons. The smallest absolute Gasteiger partial charge is 0.234 e. The van der Waals surface area contributed by atoms with E-state index in [4.69, 9.17) is 14.7 Å². The fraction of sp³-hybridized carbons (Fsp3) is 0.261. The molecule has 5 nitrogen and oxygen atoms in total. The Hall–Kier alpha value is -2.86. The van der Waals surface area contributed by atoms with Crippen LogP contribution in [0.25, 0.3) is 11.4 Å². The van der Waals surface area contributed by atoms with Crippen molar-refractivity contribution in [3.8, 4) is 17.1 Å². The summed E-state index contributed by atoms with van der Waals surface area (Å²) in [5.74, 6) is 1.59. The predicted molar refractivity (Wildman–Crippen MR) is 116 cm³/mol. The summed E-state index contributed by atoms with van der Waals surface area (Å²) >= 11 is 1.48. The van der Waals surface area contributed by atoms with Gasteiger partial charge in [0.2, 0.25) is 5.91 Å². The van der Waals surface area contributed by atoms with Gasteiger partial charge in [-0.3, -0.25) is 4.79 Å². The quantitative estimate of drug-likeness (QED) is 0.473. The lowest BCUT2D eigenvalue weighted by atomic mass is 9.97. The molecule has 6 heteroatoms. The molecule has 1 aromatic heterocycles. The highest BCUT2D eigenvalue weighted by Crippen LogP contribution is 2.31. The third kappa shape index (κ3) is 4.59. The van der Waals surface area contributed by atoms with Crippen LogP contribution >= 0.6 is 11.8 Å². The lowest BCUT2D eigenvalue weighted by Crippen LogP contribution is -2.16. The van der Waals surface area contributed by atoms with Crippen LogP contribution in [0.5, 0.6) is 5.75 Å². The third-order valence-electron chi connectivity index (χ3n) is 4.90. The molecule has 0 unspecified atom stereocenters. The molecule has 29 heavy (non-hydrogen) atoms. The first-order valence-electron chi connectivity index (χ1n) is 9.75. The maximum atomic E-state index is 12.5. The maximum absolute atomic E-state index is 12.5. The highest BCUT2D eigenvalue weighted by molar-refractivity contribution is 8.00. The summed E-state index contributed by atoms with van der Waals surface area (Å²) < 4.78 is 5.31. The molecular formula is C23H23N3O2S. The van der Waals surface area contributed by atoms with Gasteiger partial charge in [-0.2, -0.15) is 0 Å². The van der Waals surface area contributed by atoms with E-state index < -0.39 is 0 Å². The van der Waals surface area contributed by atoms with E-state index in [0.717, 1.165) is 47.8 Å². The highest BCUT2D eigenvalue weighted by atomic mass is 32.2. The first kappa shape index (κ1) is 19.5. The number of thioether (sulfide) groups is 1. The number of benzene rings is 2. The van der Waals surface area contributed by atoms with Crippen molar-refractivity contribution in [3.05, 3.63) is 65.9 Å². The molecule has 1 aliphatic rings. The van der Waals surface area contributed by atoms with Crippen LogP contribution in [-0.4, -0.2) is 28.7 Å². The van der Waals surface area contributed by atoms with Gasteiger partial charge in [0.25, 0.3) is 0 Å². The number of rotatable bonds is 6. The van der Waals surface area contributed by atoms with Crippen molar-refractivity contribution in [1.82, 2.24) is 9.97 Å². The zero-order chi connectivity index (χ0) is 20.1. The van der Waals surface area contributed by atoms with Crippen LogP contribution < -0.4 is 10.1 Å². The summed E-state index contributed by atoms with van der Waals surface area (Å²) in [5.41, 5.74) is 4.00. The van der Waals surface area contributed by atoms with Gasteiger partial charge in [-0.1, -0.05) is 54.2 Å². The van der Waals surface area contributed by atoms with Gasteiger partial charge < -0.3 is 10.1 Å². The number of nitrogens with one attached hydrogen (secondary N) is 1. The van der Waals surface area contributed by atoms with Gasteiger partial charge in [-0.05, 0) is 37.8 Å². The summed E-state index contributed by atoms with van der Waals surface area (Å²) in [6.45, 7) is 0. The molecule has 0 atom stereocenters. The molecule has 0 bridgehead atoms. The number of fused-ring (bicyclic) bond motifs is 1. The maximum Gasteiger partial charge on any atom is 0.234 e. The number of para-hydroxylation sites is 2. The molecule has 148 valence electrons. The van der Waals surface area contributed by atoms with E-state index in [1.165, 1.54) is 17.3 Å². The molecule has 1 heterocycles. The molecule has 1 amide bonds. The number of amides is 1. The molecule has 0 fully saturated rings. The van der Waals surface area contributed by atoms with E-state index >= 15 is 0 Å². The summed E-state index contributed by atoms with van der Waals surface area (Å²) in [5, 5.41) is 3.85. The second-order valence-corrected chi connectivity index (χ2v) is 7.85. The van der Waals surface area contributed by atoms with Crippen LogP contribution in [0.15, 0.2) is 59.6 Å². The van der Waals surface area contributed by atoms with E-state index in [0.29, 0.717) is 11.4 Å². The van der Waals surface area contributed by atoms with Gasteiger partial charge in [0.15, 0.2) is 5.82 Å². The number of carbonyl (C=O) groups is 1. The Morgan fingerprint density at radius 2 is 1.79 bits per heavy atom. The minimum atomic E-state index is -0.0797. The Morgan fingerprint density at radius 3 is 2.62 bits per heavy atom. The summed E-state index contributed by atoms with van der Waals surface area (Å²) in [7, 11) is 1.60. The zero-order valence-electron chi connectivity index (χ0n) is 16.4. The largest absolute Gasteiger partial charge is 0.495 e. The van der Waals surface area contributed by atoms with Gasteiger partial charge in [-0.15, -0.1) is 0 Å². The third-order valence-corrected chi connectivity index (χ3v) is 5.92. The number of ether oxygens (including phenoxy) is 1. The van der Waals surface area contributed by atoms with E-state index in [2.05, 4.69) is 5.32 Å². The lowest BCUT2D eigenvalue weighted by Gasteiger charge is -2.19. The molecule has 2 aromatic carbocycles. The van der Waals surface area contributed by atoms with Crippen LogP contribution in [0.3, 0.4) is 0 Å². The number of hydrogen-bond acceptors (Lipinski definition) is 5. The number of methoxy groups -OCH3 is 1. The molecule has 0 saturated heterocycles. The lowest BCUT2D eigenvalue weighted by molar-refractivity contribution is -0.113. The Morgan fingerprint density at radius 1 is 1.03 bits per heavy atom. The van der Waals surface area contributed by atoms with Gasteiger partial charge in [0.1, 0.15) is 10.8 Å². The number of hydrogen-bond donors (Lipinski definition) is 1. The second kappa shape index (κ2) is 9.09. The summed E-state index contributed by atoms with van der Waals surface area (Å²) in [6.07, 6.45) is 4.23. The van der Waals surface area contributed by atoms with Gasteiger partial charge in [-0.25, -0.2) is 9.97 Å². The SMILES string of the molecule is COc1ccccc1NC(=O)CSc1nc(-c2ccccc2)nc2c1CCCC2. The van der Waals surface area contributed by atoms with E-state index in [9.17, 15) is 4.79 Å². The summed E-state index contributed by atoms with van der Waals surface area (Å²) in [4.78, 5) is 22.2. The van der Waals surface area contributed by atoms with Gasteiger partial charge in [0.05, 0.1) is 18.6 Å². The average molecular weight is 406 g/mol. The molecule has 0 aliphatic heterocycles. The normalized spacial score (nSPS) is 12.9. The first-order valence-corrected chi connectivity index (χ1v) is 10.7. The predicted octanol–water partition coefficient (Wildman–Crippen LogP) is 4.76. The molecular weight excluding hydrogens is 382 g/mol. The van der Waals surface area contributed by atoms with Crippen LogP contribution in [0.4, 0.5) is 5.69 Å². The molecule has 0 spiro atoms. The van der Waals surface area contributed by atoms with Crippen molar-refractivity contribution < 1.29 is 9.53 Å². The minimum absolute atomic E-state index is 0.0797. The fourth-order valence-corrected chi connectivity index (χ4v) is 4.35. The molecule has 3 aromatic rings. The van der Waals surface area contributed by atoms with Crippen LogP contribution in [0, 0.1) is 0 Å². The number of carbonyl (C=O) groups excluding carboxylic acids is 1. The Bertz CT molecular complexity index is 1010. The number of aryl methyl sites for hydroxylation is 1. The Balaban J connectivity index is 1.54. The number of anilines is 1. The van der Waals surface area contributed by atoms with Gasteiger partial charge >= 0.3 is 0 Å². The standard InChI is InChI=1S/C23H23N3O2S/c1-28-20-14-8-7-13-19(20)24-21(27)15-29-23-17-11-5-6-12-18(17)25-22(26-23)16-9-3-2-4-10-16/h2-4,7-10,13-14H,5-6,11-12,15H2,1H3,(H,24,27). The number of nitrogens with zero attached hydrogens (tertiary/aromatic N) is 2. The van der Waals surface area contributed by atoms with Crippen molar-refractivity contribution in [2.45, 2.75) is 30.7 Å². The van der Waals surface area contributed by atoms with Gasteiger partial charge in [0, 0.05) is 16.8 Å². The fourth-order valence-electron chi connectivity index (χ4n) is 3.46. The number of aromatic nitrogens is 2. The van der Waals surface area contributed by atoms with E-state index in [1.807, 2.05) is 54.6 Å². The Kier molecular flexibility index (Phi) is 6.10. The van der Waals surface area contributed by atoms with E-state index in [1.54, 1.807) is 7.11 Å². The Labute approximate surface area is 174 Å². The topological polar surface area (TPSA) is 64.1 Å². The second-order valence-electron chi connectivity index (χ2n) is 6.89. The molecule has 1 N–H and O–H groups in total. The molecule has 0 saturated carbocycles. The van der Waals surface area contributed by atoms with Crippen LogP contribution in [0.1, 0.15) is 24.1 Å². The summed E-state index contributed by atoms with van der Waals surface area (Å²) in [6, 6.07) is 17.4. The van der Waals surface area contributed by atoms with E-state index in [-0.39, 0.29) is 11.7 Å². The van der Waals surface area contributed by atoms with Crippen molar-refractivity contribution in [2.24, 2.45) is 0 Å². The minimum Gasteiger partial charge on any atom is -0.495 e. The zero-order valence-corrected chi connectivity index (χ0v) is 17.2. The van der Waals surface area contributed by atoms with Crippen molar-refractivity contribution in [2.75, 3.05) is 18.2 Å². The average Bonchev–Trinajstić information content (AvgIpc) is 2.78. The van der Waals surface area contributed by atoms with Crippen LogP contribution in [-0.2, 0) is 17.6 Å². The van der Waals surface area contributed by atoms with Crippen molar-refractivity contribution in [3.63, 3.8) is 0 Å². The van der Waals surface area contributed by atoms with Crippen molar-refractivity contribution >= 4 is 23.4 Å². The first-order chi connectivity index (χ1) is 14.2. The monoisotopic (exact) mass is 405 g/mol. The highest BCUT2D eigenvalue weighted by Gasteiger charge is 2.19. The van der Waals surface area contributed by atoms with Crippen molar-refractivity contribution in [1.29, 1.82) is 0 Å². The molecule has 1 aliphatic carbocycles.